The van der Waals surface area contributed by atoms with Crippen molar-refractivity contribution >= 4 is 33.2 Å². The van der Waals surface area contributed by atoms with Gasteiger partial charge in [0.15, 0.2) is 0 Å². The number of benzene rings is 1. The molecular formula is C7H8BrClN2. The van der Waals surface area contributed by atoms with E-state index in [-0.39, 0.29) is 0 Å². The Kier molecular flexibility index (Phi) is 3.17. The summed E-state index contributed by atoms with van der Waals surface area (Å²) < 4.78 is 0.871. The number of hydrogen-bond donors (Lipinski definition) is 2. The van der Waals surface area contributed by atoms with Crippen molar-refractivity contribution in [3.8, 4) is 0 Å². The molecule has 2 N–H and O–H groups in total. The van der Waals surface area contributed by atoms with Crippen LogP contribution >= 0.6 is 27.5 Å². The van der Waals surface area contributed by atoms with Gasteiger partial charge < -0.3 is 5.43 Å². The lowest BCUT2D eigenvalue weighted by atomic mass is 10.3. The molecule has 1 aromatic carbocycles. The van der Waals surface area contributed by atoms with Gasteiger partial charge in [-0.1, -0.05) is 17.7 Å². The van der Waals surface area contributed by atoms with Crippen LogP contribution in [0, 0.1) is 0 Å². The fraction of sp³-hybridized carbons (Fsp3) is 0.143. The zero-order valence-corrected chi connectivity index (χ0v) is 8.33. The van der Waals surface area contributed by atoms with Crippen molar-refractivity contribution in [2.75, 3.05) is 12.5 Å². The van der Waals surface area contributed by atoms with Crippen molar-refractivity contribution in [3.05, 3.63) is 27.7 Å². The molecule has 0 aliphatic carbocycles. The molecule has 0 unspecified atom stereocenters. The minimum atomic E-state index is 0.699. The standard InChI is InChI=1S/C7H8BrClN2/c1-10-11-6-4-2-3-5(9)7(6)8/h2-4,10-11H,1H3. The molecule has 0 radical (unpaired) electrons. The maximum atomic E-state index is 5.83. The minimum absolute atomic E-state index is 0.699. The first-order chi connectivity index (χ1) is 5.25. The number of rotatable bonds is 2. The molecule has 0 aliphatic rings. The van der Waals surface area contributed by atoms with Crippen molar-refractivity contribution < 1.29 is 0 Å². The average molecular weight is 236 g/mol. The van der Waals surface area contributed by atoms with Gasteiger partial charge in [0.2, 0.25) is 0 Å². The second-order valence-electron chi connectivity index (χ2n) is 1.98. The predicted molar refractivity (Wildman–Crippen MR) is 51.8 cm³/mol. The first-order valence-electron chi connectivity index (χ1n) is 3.12. The maximum absolute atomic E-state index is 5.83. The lowest BCUT2D eigenvalue weighted by Crippen LogP contribution is -2.15. The summed E-state index contributed by atoms with van der Waals surface area (Å²) in [5, 5.41) is 0.699. The van der Waals surface area contributed by atoms with Crippen molar-refractivity contribution in [2.24, 2.45) is 0 Å². The molecule has 1 aromatic rings. The molecule has 4 heteroatoms. The number of halogens is 2. The summed E-state index contributed by atoms with van der Waals surface area (Å²) >= 11 is 9.18. The van der Waals surface area contributed by atoms with Gasteiger partial charge in [0.05, 0.1) is 15.2 Å². The monoisotopic (exact) mass is 234 g/mol. The molecule has 60 valence electrons. The Morgan fingerprint density at radius 2 is 2.18 bits per heavy atom. The summed E-state index contributed by atoms with van der Waals surface area (Å²) in [4.78, 5) is 0. The Labute approximate surface area is 79.0 Å². The number of anilines is 1. The lowest BCUT2D eigenvalue weighted by Gasteiger charge is -2.06. The lowest BCUT2D eigenvalue weighted by molar-refractivity contribution is 0.982. The van der Waals surface area contributed by atoms with Gasteiger partial charge in [-0.15, -0.1) is 0 Å². The summed E-state index contributed by atoms with van der Waals surface area (Å²) in [5.74, 6) is 0. The zero-order valence-electron chi connectivity index (χ0n) is 5.99. The minimum Gasteiger partial charge on any atom is -0.321 e. The summed E-state index contributed by atoms with van der Waals surface area (Å²) in [7, 11) is 1.80. The number of hydrazine groups is 1. The van der Waals surface area contributed by atoms with Gasteiger partial charge in [0.1, 0.15) is 0 Å². The largest absolute Gasteiger partial charge is 0.321 e. The highest BCUT2D eigenvalue weighted by Crippen LogP contribution is 2.29. The fourth-order valence-corrected chi connectivity index (χ4v) is 1.27. The third-order valence-electron chi connectivity index (χ3n) is 1.21. The number of nitrogens with one attached hydrogen (secondary N) is 2. The van der Waals surface area contributed by atoms with Crippen LogP contribution in [0.2, 0.25) is 5.02 Å². The molecule has 0 fully saturated rings. The normalized spacial score (nSPS) is 9.73. The topological polar surface area (TPSA) is 24.1 Å². The zero-order chi connectivity index (χ0) is 8.27. The molecule has 11 heavy (non-hydrogen) atoms. The van der Waals surface area contributed by atoms with E-state index in [1.807, 2.05) is 18.2 Å². The van der Waals surface area contributed by atoms with Crippen molar-refractivity contribution in [1.29, 1.82) is 0 Å². The first-order valence-corrected chi connectivity index (χ1v) is 4.29. The van der Waals surface area contributed by atoms with Gasteiger partial charge in [0, 0.05) is 7.05 Å². The quantitative estimate of drug-likeness (QED) is 0.770. The first kappa shape index (κ1) is 8.84. The molecule has 0 saturated heterocycles. The Balaban J connectivity index is 2.96. The van der Waals surface area contributed by atoms with Gasteiger partial charge in [-0.05, 0) is 28.1 Å². The molecule has 0 atom stereocenters. The van der Waals surface area contributed by atoms with Crippen LogP contribution in [0.5, 0.6) is 0 Å². The fourth-order valence-electron chi connectivity index (χ4n) is 0.735. The van der Waals surface area contributed by atoms with Crippen molar-refractivity contribution in [1.82, 2.24) is 5.43 Å². The molecule has 0 aromatic heterocycles. The average Bonchev–Trinajstić information content (AvgIpc) is 1.99. The SMILES string of the molecule is CNNc1cccc(Cl)c1Br. The smallest absolute Gasteiger partial charge is 0.0644 e. The van der Waals surface area contributed by atoms with Gasteiger partial charge in [-0.3, -0.25) is 0 Å². The van der Waals surface area contributed by atoms with E-state index in [2.05, 4.69) is 26.8 Å². The highest BCUT2D eigenvalue weighted by molar-refractivity contribution is 9.10. The summed E-state index contributed by atoms with van der Waals surface area (Å²) in [6, 6.07) is 5.63. The van der Waals surface area contributed by atoms with E-state index in [1.165, 1.54) is 0 Å². The van der Waals surface area contributed by atoms with E-state index < -0.39 is 0 Å². The third-order valence-corrected chi connectivity index (χ3v) is 2.61. The summed E-state index contributed by atoms with van der Waals surface area (Å²) in [6.07, 6.45) is 0. The van der Waals surface area contributed by atoms with Crippen LogP contribution in [-0.2, 0) is 0 Å². The Hall–Kier alpha value is -0.250. The second-order valence-corrected chi connectivity index (χ2v) is 3.18. The molecule has 0 aliphatic heterocycles. The van der Waals surface area contributed by atoms with Crippen molar-refractivity contribution in [3.63, 3.8) is 0 Å². The highest BCUT2D eigenvalue weighted by Gasteiger charge is 2.00. The molecule has 0 spiro atoms. The van der Waals surface area contributed by atoms with Crippen LogP contribution in [0.3, 0.4) is 0 Å². The Bertz CT molecular complexity index is 252. The number of hydrogen-bond acceptors (Lipinski definition) is 2. The maximum Gasteiger partial charge on any atom is 0.0644 e. The van der Waals surface area contributed by atoms with Gasteiger partial charge in [-0.25, -0.2) is 5.43 Å². The van der Waals surface area contributed by atoms with E-state index in [9.17, 15) is 0 Å². The van der Waals surface area contributed by atoms with Crippen LogP contribution in [0.15, 0.2) is 22.7 Å². The van der Waals surface area contributed by atoms with E-state index in [0.29, 0.717) is 5.02 Å². The van der Waals surface area contributed by atoms with E-state index in [0.717, 1.165) is 10.2 Å². The van der Waals surface area contributed by atoms with E-state index >= 15 is 0 Å². The summed E-state index contributed by atoms with van der Waals surface area (Å²) in [6.45, 7) is 0. The highest BCUT2D eigenvalue weighted by atomic mass is 79.9. The predicted octanol–water partition coefficient (Wildman–Crippen LogP) is 2.65. The van der Waals surface area contributed by atoms with E-state index in [1.54, 1.807) is 7.05 Å². The third kappa shape index (κ3) is 2.09. The summed E-state index contributed by atoms with van der Waals surface area (Å²) in [5.41, 5.74) is 6.68. The molecule has 1 rings (SSSR count). The van der Waals surface area contributed by atoms with Crippen LogP contribution in [-0.4, -0.2) is 7.05 Å². The van der Waals surface area contributed by atoms with Gasteiger partial charge in [-0.2, -0.15) is 0 Å². The van der Waals surface area contributed by atoms with Crippen molar-refractivity contribution in [2.45, 2.75) is 0 Å². The molecule has 0 bridgehead atoms. The van der Waals surface area contributed by atoms with Crippen LogP contribution in [0.1, 0.15) is 0 Å². The van der Waals surface area contributed by atoms with Gasteiger partial charge in [0.25, 0.3) is 0 Å². The Morgan fingerprint density at radius 3 is 2.82 bits per heavy atom. The molecule has 2 nitrogen and oxygen atoms in total. The van der Waals surface area contributed by atoms with E-state index in [4.69, 9.17) is 11.6 Å². The molecule has 0 heterocycles. The van der Waals surface area contributed by atoms with Crippen LogP contribution in [0.25, 0.3) is 0 Å². The van der Waals surface area contributed by atoms with Crippen LogP contribution < -0.4 is 10.9 Å². The second kappa shape index (κ2) is 3.95. The van der Waals surface area contributed by atoms with Crippen LogP contribution in [0.4, 0.5) is 5.69 Å². The molecule has 0 amide bonds. The molecular weight excluding hydrogens is 227 g/mol. The molecule has 0 saturated carbocycles. The Morgan fingerprint density at radius 1 is 1.45 bits per heavy atom. The van der Waals surface area contributed by atoms with Gasteiger partial charge >= 0.3 is 0 Å².